The average Bonchev–Trinajstić information content (AvgIpc) is 3.56. The second-order valence-electron chi connectivity index (χ2n) is 15.5. The number of carbonyl (C=O) groups excluding carboxylic acids is 4. The van der Waals surface area contributed by atoms with E-state index in [0.717, 1.165) is 11.1 Å². The number of nitrogens with zero attached hydrogens (tertiary/aromatic N) is 2. The molecule has 2 fully saturated rings. The maximum absolute atomic E-state index is 12.9. The number of likely N-dealkylation sites (tertiary alicyclic amines) is 2. The largest absolute Gasteiger partial charge is 0.459 e. The van der Waals surface area contributed by atoms with Gasteiger partial charge >= 0.3 is 11.9 Å². The van der Waals surface area contributed by atoms with Crippen molar-refractivity contribution >= 4 is 23.8 Å². The van der Waals surface area contributed by atoms with Crippen LogP contribution >= 0.6 is 0 Å². The van der Waals surface area contributed by atoms with Crippen LogP contribution in [0.4, 0.5) is 0 Å². The molecule has 2 heterocycles. The molecule has 9 heteroatoms. The highest BCUT2D eigenvalue weighted by Gasteiger charge is 2.52. The minimum atomic E-state index is -0.879. The lowest BCUT2D eigenvalue weighted by atomic mass is 9.82. The topological polar surface area (TPSA) is 113 Å². The molecule has 49 heavy (non-hydrogen) atoms. The molecule has 0 unspecified atom stereocenters. The summed E-state index contributed by atoms with van der Waals surface area (Å²) in [4.78, 5) is 54.5. The van der Waals surface area contributed by atoms with Gasteiger partial charge in [0.15, 0.2) is 0 Å². The first-order valence-corrected chi connectivity index (χ1v) is 17.2. The highest BCUT2D eigenvalue weighted by Crippen LogP contribution is 2.43. The minimum absolute atomic E-state index is 0.00697. The first kappa shape index (κ1) is 39.5. The van der Waals surface area contributed by atoms with E-state index < -0.39 is 22.0 Å². The molecule has 0 aromatic heterocycles. The Balaban J connectivity index is 0.000000266. The lowest BCUT2D eigenvalue weighted by Gasteiger charge is -2.32. The summed E-state index contributed by atoms with van der Waals surface area (Å²) in [6.45, 7) is 19.4. The van der Waals surface area contributed by atoms with E-state index >= 15 is 0 Å². The molecule has 268 valence electrons. The van der Waals surface area contributed by atoms with Gasteiger partial charge in [0.05, 0.1) is 22.9 Å². The minimum Gasteiger partial charge on any atom is -0.459 e. The average molecular weight is 677 g/mol. The molecular weight excluding hydrogens is 620 g/mol. The summed E-state index contributed by atoms with van der Waals surface area (Å²) in [5.74, 6) is -0.713. The Hall–Kier alpha value is -3.98. The molecule has 2 aliphatic heterocycles. The van der Waals surface area contributed by atoms with Crippen LogP contribution < -0.4 is 0 Å². The van der Waals surface area contributed by atoms with Gasteiger partial charge in [-0.25, -0.2) is 0 Å². The Morgan fingerprint density at radius 3 is 1.55 bits per heavy atom. The number of rotatable bonds is 11. The second-order valence-corrected chi connectivity index (χ2v) is 15.5. The van der Waals surface area contributed by atoms with Crippen molar-refractivity contribution < 1.29 is 33.8 Å². The van der Waals surface area contributed by atoms with E-state index in [2.05, 4.69) is 6.58 Å². The van der Waals surface area contributed by atoms with E-state index in [-0.39, 0.29) is 55.3 Å². The summed E-state index contributed by atoms with van der Waals surface area (Å²) in [7, 11) is 0. The zero-order chi connectivity index (χ0) is 36.6. The maximum atomic E-state index is 12.9. The van der Waals surface area contributed by atoms with Gasteiger partial charge in [-0.1, -0.05) is 66.7 Å². The summed E-state index contributed by atoms with van der Waals surface area (Å²) in [6, 6.07) is 19.5. The number of amides is 2. The van der Waals surface area contributed by atoms with Crippen LogP contribution in [0.5, 0.6) is 0 Å². The van der Waals surface area contributed by atoms with Crippen LogP contribution in [-0.4, -0.2) is 69.6 Å². The number of aliphatic hydroxyl groups excluding tert-OH is 1. The SMILES string of the molecule is C=CC[C@]1(C(=O)OC(C)(C)C)CC(=O)N([C@H](C)c2ccccc2)C1.C[C@H](c1ccccc1)N1C[C@@](CCCO)(C(=O)OC(C)(C)C)CC1=O. The van der Waals surface area contributed by atoms with Gasteiger partial charge in [0.1, 0.15) is 11.2 Å². The van der Waals surface area contributed by atoms with Crippen LogP contribution in [0.1, 0.15) is 111 Å². The first-order valence-electron chi connectivity index (χ1n) is 17.2. The van der Waals surface area contributed by atoms with Gasteiger partial charge in [0.2, 0.25) is 11.8 Å². The van der Waals surface area contributed by atoms with E-state index in [1.54, 1.807) is 15.9 Å². The van der Waals surface area contributed by atoms with E-state index in [0.29, 0.717) is 32.4 Å². The molecular formula is C40H56N2O7. The number of hydrogen-bond donors (Lipinski definition) is 1. The molecule has 2 amide bonds. The summed E-state index contributed by atoms with van der Waals surface area (Å²) < 4.78 is 11.2. The fourth-order valence-electron chi connectivity index (χ4n) is 6.48. The van der Waals surface area contributed by atoms with E-state index in [1.165, 1.54) is 0 Å². The monoisotopic (exact) mass is 676 g/mol. The molecule has 0 aliphatic carbocycles. The van der Waals surface area contributed by atoms with Crippen molar-refractivity contribution in [2.24, 2.45) is 10.8 Å². The summed E-state index contributed by atoms with van der Waals surface area (Å²) in [6.07, 6.45) is 3.37. The Morgan fingerprint density at radius 1 is 0.776 bits per heavy atom. The molecule has 4 atom stereocenters. The molecule has 1 N–H and O–H groups in total. The molecule has 2 aliphatic rings. The van der Waals surface area contributed by atoms with E-state index in [1.807, 2.05) is 116 Å². The smallest absolute Gasteiger partial charge is 0.315 e. The van der Waals surface area contributed by atoms with Crippen molar-refractivity contribution in [1.29, 1.82) is 0 Å². The van der Waals surface area contributed by atoms with Crippen LogP contribution in [0.2, 0.25) is 0 Å². The molecule has 2 saturated heterocycles. The van der Waals surface area contributed by atoms with Crippen LogP contribution in [0.15, 0.2) is 73.3 Å². The predicted octanol–water partition coefficient (Wildman–Crippen LogP) is 6.96. The lowest BCUT2D eigenvalue weighted by molar-refractivity contribution is -0.168. The number of carbonyl (C=O) groups is 4. The lowest BCUT2D eigenvalue weighted by Crippen LogP contribution is -2.40. The zero-order valence-electron chi connectivity index (χ0n) is 30.7. The molecule has 0 spiro atoms. The third-order valence-electron chi connectivity index (χ3n) is 9.08. The van der Waals surface area contributed by atoms with E-state index in [4.69, 9.17) is 9.47 Å². The van der Waals surface area contributed by atoms with Gasteiger partial charge in [-0.3, -0.25) is 19.2 Å². The number of benzene rings is 2. The highest BCUT2D eigenvalue weighted by atomic mass is 16.6. The van der Waals surface area contributed by atoms with E-state index in [9.17, 15) is 24.3 Å². The van der Waals surface area contributed by atoms with Gasteiger partial charge in [0, 0.05) is 32.5 Å². The first-order chi connectivity index (χ1) is 22.9. The zero-order valence-corrected chi connectivity index (χ0v) is 30.7. The number of aliphatic hydroxyl groups is 1. The fraction of sp³-hybridized carbons (Fsp3) is 0.550. The maximum Gasteiger partial charge on any atom is 0.315 e. The fourth-order valence-corrected chi connectivity index (χ4v) is 6.48. The number of allylic oxidation sites excluding steroid dienone is 1. The molecule has 0 saturated carbocycles. The van der Waals surface area contributed by atoms with Gasteiger partial charge < -0.3 is 24.4 Å². The summed E-state index contributed by atoms with van der Waals surface area (Å²) in [5, 5.41) is 9.22. The second kappa shape index (κ2) is 16.2. The summed E-state index contributed by atoms with van der Waals surface area (Å²) >= 11 is 0. The summed E-state index contributed by atoms with van der Waals surface area (Å²) in [5.41, 5.74) is -0.800. The third kappa shape index (κ3) is 10.3. The van der Waals surface area contributed by atoms with Gasteiger partial charge in [0.25, 0.3) is 0 Å². The molecule has 2 aromatic carbocycles. The van der Waals surface area contributed by atoms with Crippen LogP contribution in [-0.2, 0) is 28.7 Å². The Labute approximate surface area is 292 Å². The molecule has 0 bridgehead atoms. The molecule has 4 rings (SSSR count). The van der Waals surface area contributed by atoms with Crippen molar-refractivity contribution in [3.63, 3.8) is 0 Å². The third-order valence-corrected chi connectivity index (χ3v) is 9.08. The highest BCUT2D eigenvalue weighted by molar-refractivity contribution is 5.91. The normalized spacial score (nSPS) is 22.2. The quantitative estimate of drug-likeness (QED) is 0.202. The van der Waals surface area contributed by atoms with Gasteiger partial charge in [-0.05, 0) is 85.8 Å². The van der Waals surface area contributed by atoms with Crippen molar-refractivity contribution in [2.75, 3.05) is 19.7 Å². The van der Waals surface area contributed by atoms with Crippen molar-refractivity contribution in [3.05, 3.63) is 84.4 Å². The molecule has 2 aromatic rings. The molecule has 0 radical (unpaired) electrons. The molecule has 9 nitrogen and oxygen atoms in total. The van der Waals surface area contributed by atoms with Crippen molar-refractivity contribution in [3.8, 4) is 0 Å². The van der Waals surface area contributed by atoms with Crippen molar-refractivity contribution in [1.82, 2.24) is 9.80 Å². The van der Waals surface area contributed by atoms with Gasteiger partial charge in [-0.15, -0.1) is 6.58 Å². The number of esters is 2. The Kier molecular flexibility index (Phi) is 13.0. The number of ether oxygens (including phenoxy) is 2. The van der Waals surface area contributed by atoms with Crippen LogP contribution in [0.25, 0.3) is 0 Å². The van der Waals surface area contributed by atoms with Gasteiger partial charge in [-0.2, -0.15) is 0 Å². The standard InChI is InChI=1S/C20H29NO4.C20H27NO3/c1-15(16-9-6-5-7-10-16)21-14-20(11-8-12-22,13-17(21)23)18(24)25-19(2,3)4;1-6-12-20(18(23)24-19(3,4)5)13-17(22)21(14-20)15(2)16-10-8-7-9-11-16/h5-7,9-10,15,22H,8,11-14H2,1-4H3;6-11,15H,1,12-14H2,2-5H3/t2*15-,20+/m11/s1. The van der Waals surface area contributed by atoms with Crippen molar-refractivity contribution in [2.45, 2.75) is 111 Å². The van der Waals surface area contributed by atoms with Crippen LogP contribution in [0, 0.1) is 10.8 Å². The Bertz CT molecular complexity index is 1450. The number of hydrogen-bond acceptors (Lipinski definition) is 7. The van der Waals surface area contributed by atoms with Crippen LogP contribution in [0.3, 0.4) is 0 Å². The Morgan fingerprint density at radius 2 is 1.16 bits per heavy atom. The predicted molar refractivity (Wildman–Crippen MR) is 190 cm³/mol.